The van der Waals surface area contributed by atoms with Crippen molar-refractivity contribution in [2.75, 3.05) is 5.75 Å². The third kappa shape index (κ3) is 3.24. The molecule has 1 nitrogen and oxygen atoms in total. The highest BCUT2D eigenvalue weighted by atomic mass is 33.1. The Kier molecular flexibility index (Phi) is 4.11. The van der Waals surface area contributed by atoms with Crippen molar-refractivity contribution in [1.29, 1.82) is 0 Å². The van der Waals surface area contributed by atoms with E-state index in [4.69, 9.17) is 5.11 Å². The first-order valence-corrected chi connectivity index (χ1v) is 5.84. The minimum absolute atomic E-state index is 0.313. The molecule has 0 aromatic heterocycles. The van der Waals surface area contributed by atoms with Crippen LogP contribution in [-0.4, -0.2) is 10.9 Å². The van der Waals surface area contributed by atoms with Crippen LogP contribution < -0.4 is 0 Å². The molecule has 0 atom stereocenters. The number of benzene rings is 1. The van der Waals surface area contributed by atoms with Crippen LogP contribution in [0.5, 0.6) is 5.75 Å². The molecule has 64 valence electrons. The molecule has 0 saturated heterocycles. The molecular weight excluding hydrogens is 188 g/mol. The number of hydrogen-bond donors (Lipinski definition) is 1. The number of aromatic hydroxyl groups is 1. The van der Waals surface area contributed by atoms with Gasteiger partial charge in [0.2, 0.25) is 0 Å². The fourth-order valence-electron chi connectivity index (χ4n) is 0.652. The van der Waals surface area contributed by atoms with E-state index in [0.717, 1.165) is 10.6 Å². The minimum atomic E-state index is 0.313. The summed E-state index contributed by atoms with van der Waals surface area (Å²) in [5, 5.41) is 9.00. The Morgan fingerprint density at radius 1 is 1.33 bits per heavy atom. The predicted molar refractivity (Wildman–Crippen MR) is 56.6 cm³/mol. The van der Waals surface area contributed by atoms with Gasteiger partial charge >= 0.3 is 0 Å². The molecule has 1 aromatic rings. The monoisotopic (exact) mass is 198 g/mol. The van der Waals surface area contributed by atoms with Gasteiger partial charge in [0.25, 0.3) is 0 Å². The average Bonchev–Trinajstić information content (AvgIpc) is 2.09. The lowest BCUT2D eigenvalue weighted by atomic mass is 10.3. The van der Waals surface area contributed by atoms with Gasteiger partial charge in [-0.15, -0.1) is 6.58 Å². The van der Waals surface area contributed by atoms with Gasteiger partial charge in [-0.2, -0.15) is 0 Å². The summed E-state index contributed by atoms with van der Waals surface area (Å²) >= 11 is 0. The number of rotatable bonds is 4. The number of hydrogen-bond acceptors (Lipinski definition) is 3. The van der Waals surface area contributed by atoms with Crippen LogP contribution in [0.3, 0.4) is 0 Å². The van der Waals surface area contributed by atoms with E-state index < -0.39 is 0 Å². The van der Waals surface area contributed by atoms with E-state index in [-0.39, 0.29) is 0 Å². The van der Waals surface area contributed by atoms with Crippen LogP contribution in [0, 0.1) is 0 Å². The molecule has 0 spiro atoms. The molecule has 0 aliphatic carbocycles. The molecule has 3 heteroatoms. The van der Waals surface area contributed by atoms with Crippen molar-refractivity contribution in [2.24, 2.45) is 0 Å². The Balaban J connectivity index is 2.42. The maximum Gasteiger partial charge on any atom is 0.115 e. The molecule has 12 heavy (non-hydrogen) atoms. The van der Waals surface area contributed by atoms with E-state index in [1.54, 1.807) is 33.7 Å². The fourth-order valence-corrected chi connectivity index (χ4v) is 2.43. The molecule has 0 aliphatic heterocycles. The van der Waals surface area contributed by atoms with Gasteiger partial charge in [0.1, 0.15) is 5.75 Å². The van der Waals surface area contributed by atoms with Gasteiger partial charge < -0.3 is 5.11 Å². The Labute approximate surface area is 80.3 Å². The standard InChI is InChI=1S/C9H10OS2/c1-2-7-11-12-9-5-3-8(10)4-6-9/h2-6,10H,1,7H2. The molecule has 0 radical (unpaired) electrons. The van der Waals surface area contributed by atoms with Gasteiger partial charge in [-0.25, -0.2) is 0 Å². The number of phenols is 1. The van der Waals surface area contributed by atoms with Crippen molar-refractivity contribution in [1.82, 2.24) is 0 Å². The van der Waals surface area contributed by atoms with E-state index in [1.807, 2.05) is 18.2 Å². The van der Waals surface area contributed by atoms with Crippen molar-refractivity contribution < 1.29 is 5.11 Å². The van der Waals surface area contributed by atoms with E-state index in [0.29, 0.717) is 5.75 Å². The van der Waals surface area contributed by atoms with Crippen LogP contribution >= 0.6 is 21.6 Å². The lowest BCUT2D eigenvalue weighted by Crippen LogP contribution is -1.68. The van der Waals surface area contributed by atoms with E-state index in [9.17, 15) is 0 Å². The second-order valence-corrected chi connectivity index (χ2v) is 4.56. The van der Waals surface area contributed by atoms with Gasteiger partial charge in [0.05, 0.1) is 0 Å². The molecule has 0 unspecified atom stereocenters. The van der Waals surface area contributed by atoms with Crippen molar-refractivity contribution in [3.05, 3.63) is 36.9 Å². The van der Waals surface area contributed by atoms with Crippen LogP contribution in [-0.2, 0) is 0 Å². The number of phenolic OH excluding ortho intramolecular Hbond substituents is 1. The SMILES string of the molecule is C=CCSSc1ccc(O)cc1. The van der Waals surface area contributed by atoms with Crippen molar-refractivity contribution in [2.45, 2.75) is 4.90 Å². The smallest absolute Gasteiger partial charge is 0.115 e. The molecule has 0 fully saturated rings. The zero-order valence-corrected chi connectivity index (χ0v) is 8.20. The normalized spacial score (nSPS) is 9.67. The van der Waals surface area contributed by atoms with Crippen LogP contribution in [0.15, 0.2) is 41.8 Å². The summed E-state index contributed by atoms with van der Waals surface area (Å²) in [5.41, 5.74) is 0. The fraction of sp³-hybridized carbons (Fsp3) is 0.111. The summed E-state index contributed by atoms with van der Waals surface area (Å²) < 4.78 is 0. The van der Waals surface area contributed by atoms with E-state index in [1.165, 1.54) is 0 Å². The second-order valence-electron chi connectivity index (χ2n) is 2.15. The highest BCUT2D eigenvalue weighted by molar-refractivity contribution is 8.76. The maximum absolute atomic E-state index is 9.00. The summed E-state index contributed by atoms with van der Waals surface area (Å²) in [6.07, 6.45) is 1.87. The molecule has 0 heterocycles. The average molecular weight is 198 g/mol. The Hall–Kier alpha value is -0.540. The Morgan fingerprint density at radius 2 is 2.00 bits per heavy atom. The molecule has 1 aromatic carbocycles. The Morgan fingerprint density at radius 3 is 2.58 bits per heavy atom. The van der Waals surface area contributed by atoms with Gasteiger partial charge in [-0.05, 0) is 24.3 Å². The van der Waals surface area contributed by atoms with Crippen LogP contribution in [0.2, 0.25) is 0 Å². The Bertz CT molecular complexity index is 243. The van der Waals surface area contributed by atoms with Gasteiger partial charge in [0, 0.05) is 10.6 Å². The lowest BCUT2D eigenvalue weighted by Gasteiger charge is -1.97. The topological polar surface area (TPSA) is 20.2 Å². The van der Waals surface area contributed by atoms with Crippen molar-refractivity contribution >= 4 is 21.6 Å². The first-order chi connectivity index (χ1) is 5.83. The van der Waals surface area contributed by atoms with Crippen LogP contribution in [0.1, 0.15) is 0 Å². The largest absolute Gasteiger partial charge is 0.508 e. The molecule has 1 N–H and O–H groups in total. The lowest BCUT2D eigenvalue weighted by molar-refractivity contribution is 0.475. The first-order valence-electron chi connectivity index (χ1n) is 3.52. The molecule has 0 aliphatic rings. The quantitative estimate of drug-likeness (QED) is 0.455. The van der Waals surface area contributed by atoms with E-state index >= 15 is 0 Å². The zero-order valence-electron chi connectivity index (χ0n) is 6.56. The summed E-state index contributed by atoms with van der Waals surface area (Å²) in [6, 6.07) is 7.18. The third-order valence-corrected chi connectivity index (χ3v) is 3.47. The van der Waals surface area contributed by atoms with Gasteiger partial charge in [0.15, 0.2) is 0 Å². The van der Waals surface area contributed by atoms with Crippen molar-refractivity contribution in [3.63, 3.8) is 0 Å². The van der Waals surface area contributed by atoms with Crippen LogP contribution in [0.4, 0.5) is 0 Å². The second kappa shape index (κ2) is 5.17. The highest BCUT2D eigenvalue weighted by Crippen LogP contribution is 2.31. The molecule has 0 bridgehead atoms. The summed E-state index contributed by atoms with van der Waals surface area (Å²) in [7, 11) is 3.42. The minimum Gasteiger partial charge on any atom is -0.508 e. The first kappa shape index (κ1) is 9.55. The molecule has 0 amide bonds. The van der Waals surface area contributed by atoms with Crippen LogP contribution in [0.25, 0.3) is 0 Å². The molecule has 1 rings (SSSR count). The molecule has 0 saturated carbocycles. The zero-order chi connectivity index (χ0) is 8.81. The summed E-state index contributed by atoms with van der Waals surface area (Å²) in [4.78, 5) is 1.15. The molecular formula is C9H10OS2. The van der Waals surface area contributed by atoms with Gasteiger partial charge in [-0.1, -0.05) is 27.7 Å². The maximum atomic E-state index is 9.00. The van der Waals surface area contributed by atoms with Crippen molar-refractivity contribution in [3.8, 4) is 5.75 Å². The summed E-state index contributed by atoms with van der Waals surface area (Å²) in [6.45, 7) is 3.63. The predicted octanol–water partition coefficient (Wildman–Crippen LogP) is 3.32. The third-order valence-electron chi connectivity index (χ3n) is 1.18. The van der Waals surface area contributed by atoms with E-state index in [2.05, 4.69) is 6.58 Å². The highest BCUT2D eigenvalue weighted by Gasteiger charge is 1.92. The van der Waals surface area contributed by atoms with Gasteiger partial charge in [-0.3, -0.25) is 0 Å². The summed E-state index contributed by atoms with van der Waals surface area (Å²) in [5.74, 6) is 1.25.